The first kappa shape index (κ1) is 52.9. The Morgan fingerprint density at radius 1 is 0.500 bits per heavy atom. The standard InChI is InChI=1S/C49H73F6NP2S2Si2/c1-8-14-35-61(36-15-9-2,37-16-10-3)43-31-27-41(28-32-43)45-23-22-24-46(49(45)60(53,54)55)57-58(47-25-20-21-26-48(47)59(50,51)52)56(7)42-29-33-44(34-30-42)62(38-17-11-4,39-18-12-5)40-19-13-6/h20-34,57H,8-19,35-40H2,1-7H3. The molecule has 0 aliphatic rings. The molecule has 4 rings (SSSR count). The molecular formula is C49H73F6NP2S2Si2. The molecule has 1 nitrogen and oxygen atoms in total. The SMILES string of the molecule is CCCC[Si](CCCC)(CCCC)c1ccc(-c2cccc(PP(c3ccccc3S(F)(F)F)N(C)c3ccc([Si](CCCC)(CCCC)CCCC)cc3)c2S(F)(F)F)cc1. The highest BCUT2D eigenvalue weighted by atomic mass is 32.3. The van der Waals surface area contributed by atoms with E-state index < -0.39 is 64.3 Å². The number of hydrogen-bond donors (Lipinski definition) is 0. The molecule has 0 N–H and O–H groups in total. The average molecular weight is 972 g/mol. The topological polar surface area (TPSA) is 3.24 Å². The first-order chi connectivity index (χ1) is 29.6. The molecule has 346 valence electrons. The Hall–Kier alpha value is -1.75. The van der Waals surface area contributed by atoms with Gasteiger partial charge in [-0.15, -0.1) is 23.3 Å². The van der Waals surface area contributed by atoms with Crippen LogP contribution in [0.1, 0.15) is 119 Å². The summed E-state index contributed by atoms with van der Waals surface area (Å²) in [6, 6.07) is 34.0. The van der Waals surface area contributed by atoms with Crippen molar-refractivity contribution < 1.29 is 23.3 Å². The minimum absolute atomic E-state index is 0.0814. The van der Waals surface area contributed by atoms with Crippen molar-refractivity contribution >= 4 is 81.2 Å². The van der Waals surface area contributed by atoms with Gasteiger partial charge in [-0.05, 0) is 37.3 Å². The summed E-state index contributed by atoms with van der Waals surface area (Å²) in [6.07, 6.45) is 13.8. The third-order valence-corrected chi connectivity index (χ3v) is 31.4. The fraction of sp³-hybridized carbons (Fsp3) is 0.510. The Bertz CT molecular complexity index is 1880. The molecule has 2 atom stereocenters. The van der Waals surface area contributed by atoms with E-state index in [1.807, 2.05) is 28.9 Å². The van der Waals surface area contributed by atoms with Gasteiger partial charge in [0.25, 0.3) is 0 Å². The van der Waals surface area contributed by atoms with Gasteiger partial charge in [-0.25, -0.2) is 0 Å². The Kier molecular flexibility index (Phi) is 21.5. The second kappa shape index (κ2) is 25.2. The molecule has 2 unspecified atom stereocenters. The summed E-state index contributed by atoms with van der Waals surface area (Å²) in [7, 11) is -4.41. The van der Waals surface area contributed by atoms with Crippen molar-refractivity contribution in [2.75, 3.05) is 11.7 Å². The molecule has 4 aromatic rings. The van der Waals surface area contributed by atoms with Crippen LogP contribution in [0.2, 0.25) is 36.3 Å². The van der Waals surface area contributed by atoms with Crippen LogP contribution in [0.25, 0.3) is 11.1 Å². The Morgan fingerprint density at radius 3 is 1.32 bits per heavy atom. The fourth-order valence-corrected chi connectivity index (χ4v) is 28.3. The number of halogens is 6. The van der Waals surface area contributed by atoms with Crippen molar-refractivity contribution in [3.05, 3.63) is 91.0 Å². The lowest BCUT2D eigenvalue weighted by atomic mass is 10.1. The molecule has 0 amide bonds. The lowest BCUT2D eigenvalue weighted by molar-refractivity contribution is 0.633. The fourth-order valence-electron chi connectivity index (χ4n) is 9.20. The van der Waals surface area contributed by atoms with Gasteiger partial charge in [0, 0.05) is 23.6 Å². The average Bonchev–Trinajstić information content (AvgIpc) is 3.27. The molecule has 0 saturated heterocycles. The van der Waals surface area contributed by atoms with Crippen LogP contribution in [-0.2, 0) is 0 Å². The van der Waals surface area contributed by atoms with E-state index in [0.717, 1.165) is 69.5 Å². The lowest BCUT2D eigenvalue weighted by Gasteiger charge is -2.35. The van der Waals surface area contributed by atoms with Crippen LogP contribution in [-0.4, -0.2) is 23.2 Å². The van der Waals surface area contributed by atoms with Gasteiger partial charge in [0.2, 0.25) is 22.4 Å². The van der Waals surface area contributed by atoms with Gasteiger partial charge in [0.05, 0.1) is 33.7 Å². The van der Waals surface area contributed by atoms with Crippen LogP contribution < -0.4 is 25.7 Å². The molecule has 13 heteroatoms. The predicted octanol–water partition coefficient (Wildman–Crippen LogP) is 18.2. The molecule has 0 aromatic heterocycles. The Morgan fingerprint density at radius 2 is 0.919 bits per heavy atom. The molecule has 0 bridgehead atoms. The van der Waals surface area contributed by atoms with Crippen LogP contribution in [0.5, 0.6) is 0 Å². The van der Waals surface area contributed by atoms with E-state index in [0.29, 0.717) is 5.56 Å². The van der Waals surface area contributed by atoms with Gasteiger partial charge in [0.1, 0.15) is 0 Å². The van der Waals surface area contributed by atoms with Gasteiger partial charge in [-0.2, -0.15) is 0 Å². The number of unbranched alkanes of at least 4 members (excludes halogenated alkanes) is 6. The summed E-state index contributed by atoms with van der Waals surface area (Å²) >= 11 is -11.5. The summed E-state index contributed by atoms with van der Waals surface area (Å²) in [4.78, 5) is -1.37. The maximum Gasteiger partial charge on any atom is 0.238 e. The van der Waals surface area contributed by atoms with Crippen molar-refractivity contribution in [3.8, 4) is 11.1 Å². The zero-order chi connectivity index (χ0) is 45.4. The van der Waals surface area contributed by atoms with Crippen LogP contribution in [0.4, 0.5) is 29.0 Å². The molecule has 0 spiro atoms. The van der Waals surface area contributed by atoms with Crippen LogP contribution >= 0.6 is 38.4 Å². The highest BCUT2D eigenvalue weighted by Crippen LogP contribution is 2.69. The monoisotopic (exact) mass is 971 g/mol. The predicted molar refractivity (Wildman–Crippen MR) is 275 cm³/mol. The number of anilines is 1. The minimum atomic E-state index is -5.79. The van der Waals surface area contributed by atoms with Crippen molar-refractivity contribution in [3.63, 3.8) is 0 Å². The second-order valence-electron chi connectivity index (χ2n) is 17.2. The van der Waals surface area contributed by atoms with Gasteiger partial charge in [-0.1, -0.05) is 238 Å². The van der Waals surface area contributed by atoms with E-state index >= 15 is 11.7 Å². The van der Waals surface area contributed by atoms with Gasteiger partial charge < -0.3 is 4.67 Å². The first-order valence-electron chi connectivity index (χ1n) is 23.2. The zero-order valence-electron chi connectivity index (χ0n) is 38.4. The number of rotatable bonds is 28. The summed E-state index contributed by atoms with van der Waals surface area (Å²) < 4.78 is 93.5. The van der Waals surface area contributed by atoms with E-state index in [2.05, 4.69) is 65.8 Å². The highest BCUT2D eigenvalue weighted by molar-refractivity contribution is 8.30. The van der Waals surface area contributed by atoms with Gasteiger partial charge in [-0.3, -0.25) is 0 Å². The van der Waals surface area contributed by atoms with Crippen molar-refractivity contribution in [2.24, 2.45) is 0 Å². The van der Waals surface area contributed by atoms with Crippen LogP contribution in [0, 0.1) is 0 Å². The normalized spacial score (nSPS) is 13.8. The zero-order valence-corrected chi connectivity index (χ0v) is 43.9. The number of hydrogen-bond acceptors (Lipinski definition) is 1. The minimum Gasteiger partial charge on any atom is -0.346 e. The molecular weight excluding hydrogens is 899 g/mol. The quantitative estimate of drug-likeness (QED) is 0.0311. The van der Waals surface area contributed by atoms with Crippen molar-refractivity contribution in [1.82, 2.24) is 0 Å². The van der Waals surface area contributed by atoms with E-state index in [1.165, 1.54) is 84.1 Å². The van der Waals surface area contributed by atoms with Crippen LogP contribution in [0.15, 0.2) is 101 Å². The highest BCUT2D eigenvalue weighted by Gasteiger charge is 2.38. The van der Waals surface area contributed by atoms with Gasteiger partial charge >= 0.3 is 0 Å². The van der Waals surface area contributed by atoms with Crippen molar-refractivity contribution in [2.45, 2.75) is 165 Å². The molecule has 0 fully saturated rings. The maximum atomic E-state index is 15.7. The molecule has 0 aliphatic carbocycles. The Labute approximate surface area is 380 Å². The van der Waals surface area contributed by atoms with Crippen molar-refractivity contribution in [1.29, 1.82) is 0 Å². The molecule has 4 aromatic carbocycles. The lowest BCUT2D eigenvalue weighted by Crippen LogP contribution is -2.47. The van der Waals surface area contributed by atoms with E-state index in [4.69, 9.17) is 0 Å². The summed E-state index contributed by atoms with van der Waals surface area (Å²) in [5, 5.41) is 2.88. The number of benzene rings is 4. The smallest absolute Gasteiger partial charge is 0.238 e. The third-order valence-electron chi connectivity index (χ3n) is 12.8. The molecule has 0 aliphatic heterocycles. The van der Waals surface area contributed by atoms with E-state index in [9.17, 15) is 11.7 Å². The van der Waals surface area contributed by atoms with E-state index in [1.54, 1.807) is 25.2 Å². The Balaban J connectivity index is 1.85. The molecule has 0 saturated carbocycles. The summed E-state index contributed by atoms with van der Waals surface area (Å²) in [5.41, 5.74) is 1.37. The largest absolute Gasteiger partial charge is 0.346 e. The first-order valence-corrected chi connectivity index (χ1v) is 34.3. The van der Waals surface area contributed by atoms with E-state index in [-0.39, 0.29) is 16.2 Å². The van der Waals surface area contributed by atoms with Gasteiger partial charge in [0.15, 0.2) is 0 Å². The second-order valence-corrected chi connectivity index (χ2v) is 33.4. The summed E-state index contributed by atoms with van der Waals surface area (Å²) in [5.74, 6) is 0. The maximum absolute atomic E-state index is 15.7. The molecule has 0 heterocycles. The number of nitrogens with zero attached hydrogens (tertiary/aromatic N) is 1. The molecule has 0 radical (unpaired) electrons. The summed E-state index contributed by atoms with van der Waals surface area (Å²) in [6.45, 7) is 13.4. The van der Waals surface area contributed by atoms with Crippen LogP contribution in [0.3, 0.4) is 0 Å². The third kappa shape index (κ3) is 13.9. The molecule has 62 heavy (non-hydrogen) atoms.